The molecule has 1 aliphatic heterocycles. The molecule has 2 aromatic rings. The van der Waals surface area contributed by atoms with Crippen LogP contribution in [0.15, 0.2) is 23.6 Å². The van der Waals surface area contributed by atoms with Crippen molar-refractivity contribution in [2.45, 2.75) is 32.4 Å². The highest BCUT2D eigenvalue weighted by molar-refractivity contribution is 7.09. The molecule has 0 bridgehead atoms. The van der Waals surface area contributed by atoms with E-state index in [1.807, 2.05) is 19.1 Å². The number of fused-ring (bicyclic) bond motifs is 1. The van der Waals surface area contributed by atoms with Gasteiger partial charge < -0.3 is 14.8 Å². The third-order valence-corrected chi connectivity index (χ3v) is 4.73. The van der Waals surface area contributed by atoms with Gasteiger partial charge in [0.25, 0.3) is 0 Å². The summed E-state index contributed by atoms with van der Waals surface area (Å²) >= 11 is 1.67. The van der Waals surface area contributed by atoms with Crippen molar-refractivity contribution in [3.8, 4) is 11.5 Å². The lowest BCUT2D eigenvalue weighted by molar-refractivity contribution is 0.151. The minimum atomic E-state index is 0.0219. The van der Waals surface area contributed by atoms with Crippen LogP contribution in [0, 0.1) is 6.92 Å². The monoisotopic (exact) mass is 304 g/mol. The standard InChI is InChI=1S/C16H20N2O2S/c1-4-17-13-8-15(16-18-10(2)9-21-16)20-14-6-5-11(19-3)7-12(13)14/h5-7,9,13,15,17H,4,8H2,1-3H3. The van der Waals surface area contributed by atoms with Gasteiger partial charge >= 0.3 is 0 Å². The second-order valence-corrected chi connectivity index (χ2v) is 6.07. The van der Waals surface area contributed by atoms with Crippen LogP contribution >= 0.6 is 11.3 Å². The summed E-state index contributed by atoms with van der Waals surface area (Å²) in [4.78, 5) is 4.58. The molecule has 112 valence electrons. The van der Waals surface area contributed by atoms with E-state index in [0.29, 0.717) is 0 Å². The van der Waals surface area contributed by atoms with Gasteiger partial charge in [-0.3, -0.25) is 0 Å². The summed E-state index contributed by atoms with van der Waals surface area (Å²) in [5.74, 6) is 1.79. The van der Waals surface area contributed by atoms with Gasteiger partial charge in [0, 0.05) is 29.1 Å². The lowest BCUT2D eigenvalue weighted by Gasteiger charge is -2.32. The molecule has 0 aliphatic carbocycles. The van der Waals surface area contributed by atoms with Crippen LogP contribution in [0.25, 0.3) is 0 Å². The van der Waals surface area contributed by atoms with Crippen molar-refractivity contribution in [2.24, 2.45) is 0 Å². The van der Waals surface area contributed by atoms with Crippen molar-refractivity contribution in [2.75, 3.05) is 13.7 Å². The molecule has 0 amide bonds. The van der Waals surface area contributed by atoms with Crippen LogP contribution in [-0.2, 0) is 0 Å². The van der Waals surface area contributed by atoms with Crippen LogP contribution in [0.3, 0.4) is 0 Å². The number of hydrogen-bond donors (Lipinski definition) is 1. The third kappa shape index (κ3) is 2.89. The van der Waals surface area contributed by atoms with Crippen molar-refractivity contribution in [3.63, 3.8) is 0 Å². The van der Waals surface area contributed by atoms with Gasteiger partial charge in [-0.1, -0.05) is 6.92 Å². The number of methoxy groups -OCH3 is 1. The number of nitrogens with one attached hydrogen (secondary N) is 1. The Bertz CT molecular complexity index is 626. The summed E-state index contributed by atoms with van der Waals surface area (Å²) < 4.78 is 11.5. The van der Waals surface area contributed by atoms with Gasteiger partial charge in [0.05, 0.1) is 7.11 Å². The number of hydrogen-bond acceptors (Lipinski definition) is 5. The molecule has 1 aliphatic rings. The Labute approximate surface area is 129 Å². The normalized spacial score (nSPS) is 20.7. The maximum absolute atomic E-state index is 6.16. The van der Waals surface area contributed by atoms with E-state index < -0.39 is 0 Å². The van der Waals surface area contributed by atoms with Crippen LogP contribution in [-0.4, -0.2) is 18.6 Å². The predicted octanol–water partition coefficient (Wildman–Crippen LogP) is 3.63. The first-order valence-corrected chi connectivity index (χ1v) is 8.09. The van der Waals surface area contributed by atoms with Gasteiger partial charge in [0.1, 0.15) is 16.5 Å². The second kappa shape index (κ2) is 6.03. The van der Waals surface area contributed by atoms with E-state index in [0.717, 1.165) is 35.2 Å². The summed E-state index contributed by atoms with van der Waals surface area (Å²) in [6.07, 6.45) is 0.912. The van der Waals surface area contributed by atoms with Crippen molar-refractivity contribution < 1.29 is 9.47 Å². The van der Waals surface area contributed by atoms with Gasteiger partial charge in [-0.25, -0.2) is 4.98 Å². The van der Waals surface area contributed by atoms with Crippen molar-refractivity contribution in [1.82, 2.24) is 10.3 Å². The Kier molecular flexibility index (Phi) is 4.12. The number of ether oxygens (including phenoxy) is 2. The molecule has 2 atom stereocenters. The van der Waals surface area contributed by atoms with Gasteiger partial charge in [-0.15, -0.1) is 11.3 Å². The maximum Gasteiger partial charge on any atom is 0.152 e. The number of thiazole rings is 1. The van der Waals surface area contributed by atoms with E-state index in [1.54, 1.807) is 18.4 Å². The number of nitrogens with zero attached hydrogens (tertiary/aromatic N) is 1. The van der Waals surface area contributed by atoms with Crippen LogP contribution < -0.4 is 14.8 Å². The number of aromatic nitrogens is 1. The van der Waals surface area contributed by atoms with E-state index in [1.165, 1.54) is 5.56 Å². The molecule has 5 heteroatoms. The number of rotatable bonds is 4. The maximum atomic E-state index is 6.16. The van der Waals surface area contributed by atoms with Crippen LogP contribution in [0.4, 0.5) is 0 Å². The van der Waals surface area contributed by atoms with Crippen LogP contribution in [0.5, 0.6) is 11.5 Å². The summed E-state index contributed by atoms with van der Waals surface area (Å²) in [6.45, 7) is 5.06. The molecule has 4 nitrogen and oxygen atoms in total. The molecule has 1 aromatic carbocycles. The van der Waals surface area contributed by atoms with Crippen LogP contribution in [0.2, 0.25) is 0 Å². The van der Waals surface area contributed by atoms with E-state index in [4.69, 9.17) is 9.47 Å². The SMILES string of the molecule is CCNC1CC(c2nc(C)cs2)Oc2ccc(OC)cc21. The fourth-order valence-electron chi connectivity index (χ4n) is 2.69. The Morgan fingerprint density at radius 2 is 2.33 bits per heavy atom. The molecule has 21 heavy (non-hydrogen) atoms. The van der Waals surface area contributed by atoms with E-state index in [-0.39, 0.29) is 12.1 Å². The highest BCUT2D eigenvalue weighted by Crippen LogP contribution is 2.42. The second-order valence-electron chi connectivity index (χ2n) is 5.18. The zero-order valence-electron chi connectivity index (χ0n) is 12.6. The lowest BCUT2D eigenvalue weighted by Crippen LogP contribution is -2.29. The first kappa shape index (κ1) is 14.4. The Balaban J connectivity index is 1.93. The largest absolute Gasteiger partial charge is 0.497 e. The van der Waals surface area contributed by atoms with Crippen LogP contribution in [0.1, 0.15) is 41.8 Å². The van der Waals surface area contributed by atoms with Crippen molar-refractivity contribution in [3.05, 3.63) is 39.8 Å². The molecule has 0 radical (unpaired) electrons. The fraction of sp³-hybridized carbons (Fsp3) is 0.438. The molecule has 2 heterocycles. The summed E-state index contributed by atoms with van der Waals surface area (Å²) in [6, 6.07) is 6.26. The van der Waals surface area contributed by atoms with Crippen molar-refractivity contribution in [1.29, 1.82) is 0 Å². The summed E-state index contributed by atoms with van der Waals surface area (Å²) in [5.41, 5.74) is 2.22. The molecular formula is C16H20N2O2S. The zero-order valence-corrected chi connectivity index (χ0v) is 13.4. The topological polar surface area (TPSA) is 43.4 Å². The quantitative estimate of drug-likeness (QED) is 0.936. The third-order valence-electron chi connectivity index (χ3n) is 3.67. The Morgan fingerprint density at radius 1 is 1.48 bits per heavy atom. The summed E-state index contributed by atoms with van der Waals surface area (Å²) in [7, 11) is 1.69. The van der Waals surface area contributed by atoms with Gasteiger partial charge in [-0.2, -0.15) is 0 Å². The molecule has 0 saturated heterocycles. The van der Waals surface area contributed by atoms with Gasteiger partial charge in [0.15, 0.2) is 6.10 Å². The molecule has 0 fully saturated rings. The van der Waals surface area contributed by atoms with Gasteiger partial charge in [0.2, 0.25) is 0 Å². The minimum absolute atomic E-state index is 0.0219. The van der Waals surface area contributed by atoms with Gasteiger partial charge in [-0.05, 0) is 31.7 Å². The van der Waals surface area contributed by atoms with E-state index in [9.17, 15) is 0 Å². The molecular weight excluding hydrogens is 284 g/mol. The number of aryl methyl sites for hydroxylation is 1. The first-order valence-electron chi connectivity index (χ1n) is 7.21. The average Bonchev–Trinajstić information content (AvgIpc) is 2.93. The molecule has 3 rings (SSSR count). The molecule has 1 N–H and O–H groups in total. The molecule has 1 aromatic heterocycles. The highest BCUT2D eigenvalue weighted by Gasteiger charge is 2.30. The minimum Gasteiger partial charge on any atom is -0.497 e. The summed E-state index contributed by atoms with van der Waals surface area (Å²) in [5, 5.41) is 6.67. The predicted molar refractivity (Wildman–Crippen MR) is 84.2 cm³/mol. The Hall–Kier alpha value is -1.59. The highest BCUT2D eigenvalue weighted by atomic mass is 32.1. The smallest absolute Gasteiger partial charge is 0.152 e. The first-order chi connectivity index (χ1) is 10.2. The van der Waals surface area contributed by atoms with Crippen molar-refractivity contribution >= 4 is 11.3 Å². The zero-order chi connectivity index (χ0) is 14.8. The molecule has 0 saturated carbocycles. The Morgan fingerprint density at radius 3 is 3.00 bits per heavy atom. The van der Waals surface area contributed by atoms with E-state index in [2.05, 4.69) is 28.7 Å². The number of benzene rings is 1. The van der Waals surface area contributed by atoms with E-state index >= 15 is 0 Å². The fourth-order valence-corrected chi connectivity index (χ4v) is 3.52. The lowest BCUT2D eigenvalue weighted by atomic mass is 9.96. The average molecular weight is 304 g/mol. The molecule has 0 spiro atoms. The molecule has 2 unspecified atom stereocenters.